The third kappa shape index (κ3) is 2.62. The molecule has 0 aromatic heterocycles. The number of hydrogen-bond acceptors (Lipinski definition) is 2. The molecule has 0 aliphatic heterocycles. The Kier molecular flexibility index (Phi) is 4.21. The van der Waals surface area contributed by atoms with Gasteiger partial charge in [0.25, 0.3) is 0 Å². The SMILES string of the molecule is NCC1CCCCC1S(=O)C1CCCC1. The first-order valence-electron chi connectivity index (χ1n) is 6.42. The quantitative estimate of drug-likeness (QED) is 0.806. The summed E-state index contributed by atoms with van der Waals surface area (Å²) < 4.78 is 12.4. The molecule has 15 heavy (non-hydrogen) atoms. The summed E-state index contributed by atoms with van der Waals surface area (Å²) in [5, 5.41) is 0.925. The molecule has 2 aliphatic carbocycles. The fraction of sp³-hybridized carbons (Fsp3) is 1.00. The Balaban J connectivity index is 1.96. The van der Waals surface area contributed by atoms with Crippen molar-refractivity contribution < 1.29 is 4.21 Å². The summed E-state index contributed by atoms with van der Waals surface area (Å²) in [5.41, 5.74) is 5.80. The fourth-order valence-electron chi connectivity index (χ4n) is 3.12. The molecule has 3 unspecified atom stereocenters. The van der Waals surface area contributed by atoms with Crippen LogP contribution in [-0.4, -0.2) is 21.3 Å². The van der Waals surface area contributed by atoms with Crippen LogP contribution in [0.2, 0.25) is 0 Å². The minimum absolute atomic E-state index is 0.423. The van der Waals surface area contributed by atoms with Crippen molar-refractivity contribution in [3.05, 3.63) is 0 Å². The van der Waals surface area contributed by atoms with Gasteiger partial charge in [-0.2, -0.15) is 0 Å². The zero-order chi connectivity index (χ0) is 10.7. The van der Waals surface area contributed by atoms with Gasteiger partial charge in [-0.1, -0.05) is 25.7 Å². The third-order valence-corrected chi connectivity index (χ3v) is 6.42. The molecule has 0 aromatic carbocycles. The van der Waals surface area contributed by atoms with Crippen molar-refractivity contribution in [3.63, 3.8) is 0 Å². The van der Waals surface area contributed by atoms with Gasteiger partial charge in [0.05, 0.1) is 0 Å². The van der Waals surface area contributed by atoms with Gasteiger partial charge >= 0.3 is 0 Å². The predicted molar refractivity (Wildman–Crippen MR) is 65.2 cm³/mol. The minimum atomic E-state index is -0.592. The number of hydrogen-bond donors (Lipinski definition) is 1. The first kappa shape index (κ1) is 11.6. The van der Waals surface area contributed by atoms with Crippen LogP contribution < -0.4 is 5.73 Å². The van der Waals surface area contributed by atoms with E-state index in [9.17, 15) is 4.21 Å². The summed E-state index contributed by atoms with van der Waals surface area (Å²) in [6.07, 6.45) is 9.89. The average Bonchev–Trinajstić information content (AvgIpc) is 2.81. The molecule has 0 saturated heterocycles. The highest BCUT2D eigenvalue weighted by Crippen LogP contribution is 2.33. The summed E-state index contributed by atoms with van der Waals surface area (Å²) in [7, 11) is -0.592. The lowest BCUT2D eigenvalue weighted by Crippen LogP contribution is -2.37. The van der Waals surface area contributed by atoms with E-state index in [1.165, 1.54) is 44.9 Å². The van der Waals surface area contributed by atoms with Crippen LogP contribution >= 0.6 is 0 Å². The maximum Gasteiger partial charge on any atom is 0.0391 e. The molecule has 0 aromatic rings. The van der Waals surface area contributed by atoms with Crippen molar-refractivity contribution >= 4 is 10.8 Å². The van der Waals surface area contributed by atoms with Crippen molar-refractivity contribution in [2.24, 2.45) is 11.7 Å². The zero-order valence-corrected chi connectivity index (χ0v) is 10.3. The van der Waals surface area contributed by atoms with Crippen LogP contribution in [0.4, 0.5) is 0 Å². The Labute approximate surface area is 95.5 Å². The van der Waals surface area contributed by atoms with Gasteiger partial charge in [0, 0.05) is 21.3 Å². The van der Waals surface area contributed by atoms with Crippen molar-refractivity contribution in [3.8, 4) is 0 Å². The molecular weight excluding hydrogens is 206 g/mol. The summed E-state index contributed by atoms with van der Waals surface area (Å²) in [4.78, 5) is 0. The summed E-state index contributed by atoms with van der Waals surface area (Å²) in [6, 6.07) is 0. The van der Waals surface area contributed by atoms with Crippen molar-refractivity contribution in [1.82, 2.24) is 0 Å². The lowest BCUT2D eigenvalue weighted by atomic mass is 9.89. The summed E-state index contributed by atoms with van der Waals surface area (Å²) in [5.74, 6) is 0.542. The van der Waals surface area contributed by atoms with Gasteiger partial charge in [0.1, 0.15) is 0 Å². The normalized spacial score (nSPS) is 35.5. The van der Waals surface area contributed by atoms with Gasteiger partial charge in [0.2, 0.25) is 0 Å². The van der Waals surface area contributed by atoms with E-state index in [0.717, 1.165) is 13.0 Å². The van der Waals surface area contributed by atoms with Crippen LogP contribution in [0.3, 0.4) is 0 Å². The standard InChI is InChI=1S/C12H23NOS/c13-9-10-5-1-4-8-12(10)15(14)11-6-2-3-7-11/h10-12H,1-9,13H2. The van der Waals surface area contributed by atoms with Crippen LogP contribution in [0.1, 0.15) is 51.4 Å². The van der Waals surface area contributed by atoms with E-state index in [0.29, 0.717) is 16.4 Å². The lowest BCUT2D eigenvalue weighted by Gasteiger charge is -2.31. The second kappa shape index (κ2) is 5.44. The zero-order valence-electron chi connectivity index (χ0n) is 9.49. The van der Waals surface area contributed by atoms with Gasteiger partial charge in [-0.25, -0.2) is 0 Å². The van der Waals surface area contributed by atoms with Gasteiger partial charge in [0.15, 0.2) is 0 Å². The Hall–Kier alpha value is 0.110. The highest BCUT2D eigenvalue weighted by atomic mass is 32.2. The highest BCUT2D eigenvalue weighted by molar-refractivity contribution is 7.86. The fourth-order valence-corrected chi connectivity index (χ4v) is 5.43. The molecule has 0 radical (unpaired) electrons. The van der Waals surface area contributed by atoms with E-state index in [1.54, 1.807) is 0 Å². The topological polar surface area (TPSA) is 43.1 Å². The first-order valence-corrected chi connectivity index (χ1v) is 7.70. The largest absolute Gasteiger partial charge is 0.330 e. The molecule has 0 spiro atoms. The number of nitrogens with two attached hydrogens (primary N) is 1. The molecule has 2 aliphatic rings. The van der Waals surface area contributed by atoms with Gasteiger partial charge in [-0.05, 0) is 38.1 Å². The molecular formula is C12H23NOS. The predicted octanol–water partition coefficient (Wildman–Crippen LogP) is 2.20. The molecule has 2 fully saturated rings. The highest BCUT2D eigenvalue weighted by Gasteiger charge is 2.33. The molecule has 2 saturated carbocycles. The van der Waals surface area contributed by atoms with Crippen LogP contribution in [0.15, 0.2) is 0 Å². The van der Waals surface area contributed by atoms with Crippen molar-refractivity contribution in [1.29, 1.82) is 0 Å². The maximum atomic E-state index is 12.4. The lowest BCUT2D eigenvalue weighted by molar-refractivity contribution is 0.370. The third-order valence-electron chi connectivity index (χ3n) is 4.07. The molecule has 2 N–H and O–H groups in total. The Bertz CT molecular complexity index is 226. The van der Waals surface area contributed by atoms with E-state index in [4.69, 9.17) is 5.73 Å². The van der Waals surface area contributed by atoms with Crippen LogP contribution in [0, 0.1) is 5.92 Å². The van der Waals surface area contributed by atoms with E-state index < -0.39 is 10.8 Å². The molecule has 3 atom stereocenters. The van der Waals surface area contributed by atoms with Crippen LogP contribution in [0.5, 0.6) is 0 Å². The van der Waals surface area contributed by atoms with E-state index in [2.05, 4.69) is 0 Å². The van der Waals surface area contributed by atoms with E-state index in [-0.39, 0.29) is 0 Å². The maximum absolute atomic E-state index is 12.4. The smallest absolute Gasteiger partial charge is 0.0391 e. The Morgan fingerprint density at radius 2 is 1.60 bits per heavy atom. The monoisotopic (exact) mass is 229 g/mol. The van der Waals surface area contributed by atoms with Crippen LogP contribution in [0.25, 0.3) is 0 Å². The van der Waals surface area contributed by atoms with E-state index >= 15 is 0 Å². The molecule has 2 nitrogen and oxygen atoms in total. The number of rotatable bonds is 3. The van der Waals surface area contributed by atoms with Gasteiger partial charge < -0.3 is 5.73 Å². The van der Waals surface area contributed by atoms with Gasteiger partial charge in [-0.3, -0.25) is 4.21 Å². The molecule has 3 heteroatoms. The first-order chi connectivity index (χ1) is 7.33. The Morgan fingerprint density at radius 1 is 1.00 bits per heavy atom. The Morgan fingerprint density at radius 3 is 2.27 bits per heavy atom. The van der Waals surface area contributed by atoms with Crippen molar-refractivity contribution in [2.75, 3.05) is 6.54 Å². The second-order valence-corrected chi connectivity index (χ2v) is 6.98. The summed E-state index contributed by atoms with van der Waals surface area (Å²) in [6.45, 7) is 0.739. The molecule has 0 amide bonds. The van der Waals surface area contributed by atoms with Crippen LogP contribution in [-0.2, 0) is 10.8 Å². The molecule has 2 rings (SSSR count). The molecule has 88 valence electrons. The molecule has 0 heterocycles. The second-order valence-electron chi connectivity index (χ2n) is 5.05. The summed E-state index contributed by atoms with van der Waals surface area (Å²) >= 11 is 0. The molecule has 0 bridgehead atoms. The van der Waals surface area contributed by atoms with E-state index in [1.807, 2.05) is 0 Å². The average molecular weight is 229 g/mol. The van der Waals surface area contributed by atoms with Crippen molar-refractivity contribution in [2.45, 2.75) is 61.9 Å². The minimum Gasteiger partial charge on any atom is -0.330 e. The van der Waals surface area contributed by atoms with Gasteiger partial charge in [-0.15, -0.1) is 0 Å².